The van der Waals surface area contributed by atoms with E-state index in [1.54, 1.807) is 19.2 Å². The first-order valence-electron chi connectivity index (χ1n) is 8.83. The Bertz CT molecular complexity index is 637. The van der Waals surface area contributed by atoms with E-state index in [2.05, 4.69) is 32.2 Å². The largest absolute Gasteiger partial charge is 0.433 e. The van der Waals surface area contributed by atoms with Crippen LogP contribution >= 0.6 is 0 Å². The standard InChI is InChI=1S/C18H26F2N4O2/c1-18(11-25-12-18)10-22-17(21-2)23-13-7-8-24(9-13)14-5-3-4-6-15(14)26-16(19)20/h3-6,13,16H,7-12H2,1-2H3,(H2,21,22,23). The molecule has 8 heteroatoms. The van der Waals surface area contributed by atoms with E-state index in [4.69, 9.17) is 4.74 Å². The fraction of sp³-hybridized carbons (Fsp3) is 0.611. The number of halogens is 2. The van der Waals surface area contributed by atoms with Crippen molar-refractivity contribution in [1.29, 1.82) is 0 Å². The molecule has 0 aromatic heterocycles. The third-order valence-electron chi connectivity index (χ3n) is 4.76. The molecule has 0 aliphatic carbocycles. The zero-order valence-corrected chi connectivity index (χ0v) is 15.2. The first-order chi connectivity index (χ1) is 12.5. The normalized spacial score (nSPS) is 22.3. The Hall–Kier alpha value is -2.09. The van der Waals surface area contributed by atoms with Gasteiger partial charge >= 0.3 is 6.61 Å². The van der Waals surface area contributed by atoms with Gasteiger partial charge in [-0.05, 0) is 18.6 Å². The molecule has 1 aromatic carbocycles. The summed E-state index contributed by atoms with van der Waals surface area (Å²) in [6.07, 6.45) is 0.893. The molecule has 6 nitrogen and oxygen atoms in total. The van der Waals surface area contributed by atoms with Gasteiger partial charge in [-0.1, -0.05) is 19.1 Å². The first kappa shape index (κ1) is 18.7. The second-order valence-electron chi connectivity index (χ2n) is 7.15. The smallest absolute Gasteiger partial charge is 0.387 e. The van der Waals surface area contributed by atoms with Gasteiger partial charge in [0, 0.05) is 38.1 Å². The van der Waals surface area contributed by atoms with Crippen molar-refractivity contribution in [1.82, 2.24) is 10.6 Å². The summed E-state index contributed by atoms with van der Waals surface area (Å²) in [4.78, 5) is 6.34. The highest BCUT2D eigenvalue weighted by atomic mass is 19.3. The fourth-order valence-electron chi connectivity index (χ4n) is 3.25. The quantitative estimate of drug-likeness (QED) is 0.595. The number of anilines is 1. The van der Waals surface area contributed by atoms with Crippen LogP contribution in [0.15, 0.2) is 29.3 Å². The Morgan fingerprint density at radius 3 is 2.85 bits per heavy atom. The van der Waals surface area contributed by atoms with Crippen molar-refractivity contribution in [2.45, 2.75) is 26.0 Å². The number of aliphatic imine (C=N–C) groups is 1. The lowest BCUT2D eigenvalue weighted by atomic mass is 9.89. The highest BCUT2D eigenvalue weighted by Gasteiger charge is 2.33. The average molecular weight is 368 g/mol. The van der Waals surface area contributed by atoms with E-state index in [-0.39, 0.29) is 17.2 Å². The van der Waals surface area contributed by atoms with Gasteiger partial charge in [-0.3, -0.25) is 4.99 Å². The fourth-order valence-corrected chi connectivity index (χ4v) is 3.25. The molecule has 3 rings (SSSR count). The maximum Gasteiger partial charge on any atom is 0.387 e. The number of rotatable bonds is 6. The Morgan fingerprint density at radius 2 is 2.19 bits per heavy atom. The molecule has 2 heterocycles. The number of guanidine groups is 1. The van der Waals surface area contributed by atoms with Crippen LogP contribution in [0.4, 0.5) is 14.5 Å². The van der Waals surface area contributed by atoms with Crippen LogP contribution in [0.1, 0.15) is 13.3 Å². The maximum atomic E-state index is 12.6. The van der Waals surface area contributed by atoms with E-state index in [0.29, 0.717) is 12.2 Å². The summed E-state index contributed by atoms with van der Waals surface area (Å²) >= 11 is 0. The van der Waals surface area contributed by atoms with Gasteiger partial charge in [-0.2, -0.15) is 8.78 Å². The first-order valence-corrected chi connectivity index (χ1v) is 8.83. The molecule has 2 aliphatic rings. The lowest BCUT2D eigenvalue weighted by Crippen LogP contribution is -2.52. The molecule has 2 fully saturated rings. The van der Waals surface area contributed by atoms with Crippen molar-refractivity contribution in [3.8, 4) is 5.75 Å². The summed E-state index contributed by atoms with van der Waals surface area (Å²) in [6.45, 7) is 3.13. The van der Waals surface area contributed by atoms with Crippen LogP contribution in [-0.2, 0) is 4.74 Å². The summed E-state index contributed by atoms with van der Waals surface area (Å²) in [5, 5.41) is 6.76. The zero-order valence-electron chi connectivity index (χ0n) is 15.2. The van der Waals surface area contributed by atoms with Crippen LogP contribution in [-0.4, -0.2) is 58.5 Å². The van der Waals surface area contributed by atoms with E-state index in [1.165, 1.54) is 0 Å². The van der Waals surface area contributed by atoms with Gasteiger partial charge in [0.1, 0.15) is 5.75 Å². The topological polar surface area (TPSA) is 58.1 Å². The van der Waals surface area contributed by atoms with E-state index < -0.39 is 6.61 Å². The number of nitrogens with one attached hydrogen (secondary N) is 2. The molecule has 2 saturated heterocycles. The molecule has 0 saturated carbocycles. The lowest BCUT2D eigenvalue weighted by molar-refractivity contribution is -0.0971. The molecule has 1 atom stereocenters. The molecule has 0 amide bonds. The maximum absolute atomic E-state index is 12.6. The van der Waals surface area contributed by atoms with E-state index in [9.17, 15) is 8.78 Å². The van der Waals surface area contributed by atoms with E-state index >= 15 is 0 Å². The molecule has 144 valence electrons. The Morgan fingerprint density at radius 1 is 1.42 bits per heavy atom. The molecule has 26 heavy (non-hydrogen) atoms. The minimum absolute atomic E-state index is 0.158. The third-order valence-corrected chi connectivity index (χ3v) is 4.76. The van der Waals surface area contributed by atoms with Crippen LogP contribution in [0, 0.1) is 5.41 Å². The summed E-state index contributed by atoms with van der Waals surface area (Å²) in [6, 6.07) is 7.10. The van der Waals surface area contributed by atoms with Crippen LogP contribution in [0.25, 0.3) is 0 Å². The lowest BCUT2D eigenvalue weighted by Gasteiger charge is -2.38. The summed E-state index contributed by atoms with van der Waals surface area (Å²) in [7, 11) is 1.74. The minimum Gasteiger partial charge on any atom is -0.433 e. The molecular formula is C18H26F2N4O2. The summed E-state index contributed by atoms with van der Waals surface area (Å²) < 4.78 is 35.1. The summed E-state index contributed by atoms with van der Waals surface area (Å²) in [5.74, 6) is 0.964. The second kappa shape index (κ2) is 8.07. The summed E-state index contributed by atoms with van der Waals surface area (Å²) in [5.41, 5.74) is 0.851. The van der Waals surface area contributed by atoms with Crippen molar-refractivity contribution in [3.05, 3.63) is 24.3 Å². The van der Waals surface area contributed by atoms with Gasteiger partial charge in [-0.15, -0.1) is 0 Å². The number of benzene rings is 1. The van der Waals surface area contributed by atoms with Crippen molar-refractivity contribution < 1.29 is 18.3 Å². The Balaban J connectivity index is 1.55. The van der Waals surface area contributed by atoms with Crippen molar-refractivity contribution in [2.75, 3.05) is 44.8 Å². The van der Waals surface area contributed by atoms with Crippen LogP contribution in [0.5, 0.6) is 5.75 Å². The highest BCUT2D eigenvalue weighted by molar-refractivity contribution is 5.80. The SMILES string of the molecule is CN=C(NCC1(C)COC1)NC1CCN(c2ccccc2OC(F)F)C1. The second-order valence-corrected chi connectivity index (χ2v) is 7.15. The minimum atomic E-state index is -2.83. The highest BCUT2D eigenvalue weighted by Crippen LogP contribution is 2.31. The van der Waals surface area contributed by atoms with E-state index in [0.717, 1.165) is 38.7 Å². The average Bonchev–Trinajstić information content (AvgIpc) is 3.05. The van der Waals surface area contributed by atoms with Gasteiger partial charge in [-0.25, -0.2) is 0 Å². The number of alkyl halides is 2. The van der Waals surface area contributed by atoms with Crippen LogP contribution < -0.4 is 20.3 Å². The molecule has 0 spiro atoms. The Kier molecular flexibility index (Phi) is 5.80. The number of hydrogen-bond acceptors (Lipinski definition) is 4. The number of nitrogens with zero attached hydrogens (tertiary/aromatic N) is 2. The van der Waals surface area contributed by atoms with Crippen molar-refractivity contribution >= 4 is 11.6 Å². The van der Waals surface area contributed by atoms with Gasteiger partial charge in [0.25, 0.3) is 0 Å². The molecule has 1 aromatic rings. The zero-order chi connectivity index (χ0) is 18.6. The van der Waals surface area contributed by atoms with Crippen molar-refractivity contribution in [3.63, 3.8) is 0 Å². The predicted octanol–water partition coefficient (Wildman–Crippen LogP) is 2.07. The van der Waals surface area contributed by atoms with Gasteiger partial charge in [0.15, 0.2) is 5.96 Å². The molecule has 0 bridgehead atoms. The molecule has 2 N–H and O–H groups in total. The molecule has 1 unspecified atom stereocenters. The predicted molar refractivity (Wildman–Crippen MR) is 97.1 cm³/mol. The molecular weight excluding hydrogens is 342 g/mol. The van der Waals surface area contributed by atoms with Crippen molar-refractivity contribution in [2.24, 2.45) is 10.4 Å². The third kappa shape index (κ3) is 4.55. The van der Waals surface area contributed by atoms with Gasteiger partial charge in [0.2, 0.25) is 0 Å². The molecule has 2 aliphatic heterocycles. The number of para-hydroxylation sites is 2. The van der Waals surface area contributed by atoms with Crippen LogP contribution in [0.3, 0.4) is 0 Å². The molecule has 0 radical (unpaired) electrons. The van der Waals surface area contributed by atoms with Crippen LogP contribution in [0.2, 0.25) is 0 Å². The van der Waals surface area contributed by atoms with E-state index in [1.807, 2.05) is 12.1 Å². The van der Waals surface area contributed by atoms with Gasteiger partial charge < -0.3 is 25.0 Å². The Labute approximate surface area is 152 Å². The number of ether oxygens (including phenoxy) is 2. The monoisotopic (exact) mass is 368 g/mol. The van der Waals surface area contributed by atoms with Gasteiger partial charge in [0.05, 0.1) is 18.9 Å². The number of hydrogen-bond donors (Lipinski definition) is 2.